The number of methoxy groups -OCH3 is 1. The molecule has 0 spiro atoms. The van der Waals surface area contributed by atoms with Gasteiger partial charge in [-0.1, -0.05) is 24.3 Å². The fourth-order valence-electron chi connectivity index (χ4n) is 3.06. The van der Waals surface area contributed by atoms with E-state index in [2.05, 4.69) is 10.6 Å². The van der Waals surface area contributed by atoms with Crippen LogP contribution in [0, 0.1) is 0 Å². The average molecular weight is 475 g/mol. The minimum absolute atomic E-state index is 0.213. The van der Waals surface area contributed by atoms with E-state index in [-0.39, 0.29) is 30.7 Å². The summed E-state index contributed by atoms with van der Waals surface area (Å²) in [7, 11) is 1.59. The maximum absolute atomic E-state index is 12.5. The Bertz CT molecular complexity index is 1200. The monoisotopic (exact) mass is 474 g/mol. The Balaban J connectivity index is 1.52. The smallest absolute Gasteiger partial charge is 0.497 e. The van der Waals surface area contributed by atoms with Crippen molar-refractivity contribution in [3.05, 3.63) is 95.6 Å². The van der Waals surface area contributed by atoms with E-state index in [1.807, 2.05) is 30.3 Å². The zero-order valence-corrected chi connectivity index (χ0v) is 19.4. The third-order valence-corrected chi connectivity index (χ3v) is 4.75. The molecule has 0 aliphatic carbocycles. The normalized spacial score (nSPS) is 10.5. The molecule has 2 N–H and O–H groups in total. The fraction of sp³-hybridized carbons (Fsp3) is 0.148. The van der Waals surface area contributed by atoms with E-state index in [4.69, 9.17) is 14.2 Å². The molecular weight excluding hydrogens is 448 g/mol. The lowest BCUT2D eigenvalue weighted by molar-refractivity contribution is -0.111. The zero-order chi connectivity index (χ0) is 25.0. The van der Waals surface area contributed by atoms with Crippen molar-refractivity contribution in [3.63, 3.8) is 0 Å². The minimum atomic E-state index is -0.799. The molecule has 0 aliphatic heterocycles. The van der Waals surface area contributed by atoms with Crippen LogP contribution in [-0.4, -0.2) is 31.7 Å². The van der Waals surface area contributed by atoms with Gasteiger partial charge in [-0.2, -0.15) is 0 Å². The highest BCUT2D eigenvalue weighted by Crippen LogP contribution is 2.16. The molecule has 0 unspecified atom stereocenters. The number of hydrogen-bond donors (Lipinski definition) is 2. The Morgan fingerprint density at radius 1 is 0.914 bits per heavy atom. The Labute approximate surface area is 203 Å². The van der Waals surface area contributed by atoms with Gasteiger partial charge in [-0.25, -0.2) is 4.79 Å². The number of carbonyl (C=O) groups is 3. The molecule has 3 rings (SSSR count). The number of hydrogen-bond acceptors (Lipinski definition) is 6. The van der Waals surface area contributed by atoms with E-state index < -0.39 is 6.16 Å². The van der Waals surface area contributed by atoms with Crippen LogP contribution in [0.25, 0.3) is 6.08 Å². The lowest BCUT2D eigenvalue weighted by Crippen LogP contribution is -2.22. The largest absolute Gasteiger partial charge is 0.513 e. The SMILES string of the molecule is CCOC(=O)Oc1ccc(C(=O)NCc2cccc(NC(=O)/C=C/c3cccc(OC)c3)c2)cc1. The highest BCUT2D eigenvalue weighted by Gasteiger charge is 2.09. The van der Waals surface area contributed by atoms with Crippen LogP contribution < -0.4 is 20.1 Å². The van der Waals surface area contributed by atoms with E-state index in [9.17, 15) is 14.4 Å². The number of anilines is 1. The topological polar surface area (TPSA) is 103 Å². The van der Waals surface area contributed by atoms with Gasteiger partial charge in [0.2, 0.25) is 5.91 Å². The second kappa shape index (κ2) is 12.6. The van der Waals surface area contributed by atoms with Gasteiger partial charge < -0.3 is 24.8 Å². The van der Waals surface area contributed by atoms with Crippen molar-refractivity contribution in [2.24, 2.45) is 0 Å². The minimum Gasteiger partial charge on any atom is -0.497 e. The second-order valence-corrected chi connectivity index (χ2v) is 7.29. The number of rotatable bonds is 9. The van der Waals surface area contributed by atoms with Crippen LogP contribution in [0.2, 0.25) is 0 Å². The highest BCUT2D eigenvalue weighted by atomic mass is 16.7. The van der Waals surface area contributed by atoms with Crippen molar-refractivity contribution in [1.82, 2.24) is 5.32 Å². The number of ether oxygens (including phenoxy) is 3. The molecule has 8 heteroatoms. The molecule has 0 fully saturated rings. The number of benzene rings is 3. The van der Waals surface area contributed by atoms with Crippen LogP contribution in [0.15, 0.2) is 78.9 Å². The van der Waals surface area contributed by atoms with Gasteiger partial charge >= 0.3 is 6.16 Å². The Morgan fingerprint density at radius 2 is 1.69 bits per heavy atom. The molecule has 8 nitrogen and oxygen atoms in total. The first kappa shape index (κ1) is 25.0. The number of carbonyl (C=O) groups excluding carboxylic acids is 3. The van der Waals surface area contributed by atoms with E-state index >= 15 is 0 Å². The van der Waals surface area contributed by atoms with Gasteiger partial charge in [0.1, 0.15) is 11.5 Å². The van der Waals surface area contributed by atoms with Gasteiger partial charge in [-0.05, 0) is 72.7 Å². The predicted octanol–water partition coefficient (Wildman–Crippen LogP) is 4.81. The lowest BCUT2D eigenvalue weighted by Gasteiger charge is -2.09. The van der Waals surface area contributed by atoms with Crippen molar-refractivity contribution >= 4 is 29.7 Å². The van der Waals surface area contributed by atoms with Gasteiger partial charge in [-0.15, -0.1) is 0 Å². The van der Waals surface area contributed by atoms with Crippen LogP contribution in [0.1, 0.15) is 28.4 Å². The molecule has 3 aromatic rings. The van der Waals surface area contributed by atoms with Crippen LogP contribution in [-0.2, 0) is 16.1 Å². The molecule has 0 aliphatic rings. The van der Waals surface area contributed by atoms with E-state index in [0.29, 0.717) is 17.0 Å². The maximum atomic E-state index is 12.5. The van der Waals surface area contributed by atoms with Gasteiger partial charge in [0.15, 0.2) is 0 Å². The van der Waals surface area contributed by atoms with Gasteiger partial charge in [0.25, 0.3) is 5.91 Å². The van der Waals surface area contributed by atoms with Crippen LogP contribution in [0.4, 0.5) is 10.5 Å². The molecule has 0 heterocycles. The first-order chi connectivity index (χ1) is 17.0. The molecule has 0 saturated carbocycles. The van der Waals surface area contributed by atoms with E-state index in [1.54, 1.807) is 50.4 Å². The summed E-state index contributed by atoms with van der Waals surface area (Å²) in [5, 5.41) is 5.63. The summed E-state index contributed by atoms with van der Waals surface area (Å²) in [6, 6.07) is 20.7. The van der Waals surface area contributed by atoms with Crippen LogP contribution in [0.5, 0.6) is 11.5 Å². The quantitative estimate of drug-likeness (QED) is 0.262. The molecule has 0 saturated heterocycles. The Kier molecular flexibility index (Phi) is 9.01. The molecule has 3 aromatic carbocycles. The molecule has 2 amide bonds. The second-order valence-electron chi connectivity index (χ2n) is 7.29. The molecule has 0 atom stereocenters. The van der Waals surface area contributed by atoms with E-state index in [1.165, 1.54) is 18.2 Å². The Morgan fingerprint density at radius 3 is 2.43 bits per heavy atom. The first-order valence-corrected chi connectivity index (χ1v) is 10.9. The maximum Gasteiger partial charge on any atom is 0.513 e. The molecule has 0 bridgehead atoms. The average Bonchev–Trinajstić information content (AvgIpc) is 2.87. The molecule has 0 radical (unpaired) electrons. The van der Waals surface area contributed by atoms with Crippen molar-refractivity contribution in [2.75, 3.05) is 19.0 Å². The summed E-state index contributed by atoms with van der Waals surface area (Å²) >= 11 is 0. The fourth-order valence-corrected chi connectivity index (χ4v) is 3.06. The number of amides is 2. The lowest BCUT2D eigenvalue weighted by atomic mass is 10.1. The Hall–Kier alpha value is -4.59. The van der Waals surface area contributed by atoms with Crippen molar-refractivity contribution in [1.29, 1.82) is 0 Å². The molecule has 0 aromatic heterocycles. The van der Waals surface area contributed by atoms with Crippen LogP contribution in [0.3, 0.4) is 0 Å². The van der Waals surface area contributed by atoms with E-state index in [0.717, 1.165) is 11.1 Å². The summed E-state index contributed by atoms with van der Waals surface area (Å²) in [5.74, 6) is 0.426. The van der Waals surface area contributed by atoms with Crippen molar-refractivity contribution in [3.8, 4) is 11.5 Å². The summed E-state index contributed by atoms with van der Waals surface area (Å²) < 4.78 is 14.9. The van der Waals surface area contributed by atoms with Gasteiger partial charge in [0, 0.05) is 23.9 Å². The molecule has 180 valence electrons. The predicted molar refractivity (Wildman–Crippen MR) is 132 cm³/mol. The molecule has 35 heavy (non-hydrogen) atoms. The van der Waals surface area contributed by atoms with Crippen molar-refractivity contribution < 1.29 is 28.6 Å². The highest BCUT2D eigenvalue weighted by molar-refractivity contribution is 6.02. The number of nitrogens with one attached hydrogen (secondary N) is 2. The van der Waals surface area contributed by atoms with Crippen molar-refractivity contribution in [2.45, 2.75) is 13.5 Å². The van der Waals surface area contributed by atoms with Gasteiger partial charge in [0.05, 0.1) is 13.7 Å². The molecular formula is C27H26N2O6. The third-order valence-electron chi connectivity index (χ3n) is 4.75. The standard InChI is InChI=1S/C27H26N2O6/c1-3-34-27(32)35-23-13-11-21(12-14-23)26(31)28-18-20-7-4-8-22(16-20)29-25(30)15-10-19-6-5-9-24(17-19)33-2/h4-17H,3,18H2,1-2H3,(H,28,31)(H,29,30)/b15-10+. The summed E-state index contributed by atoms with van der Waals surface area (Å²) in [6.07, 6.45) is 2.34. The summed E-state index contributed by atoms with van der Waals surface area (Å²) in [5.41, 5.74) is 2.68. The third kappa shape index (κ3) is 8.04. The zero-order valence-electron chi connectivity index (χ0n) is 19.4. The summed E-state index contributed by atoms with van der Waals surface area (Å²) in [4.78, 5) is 36.1. The van der Waals surface area contributed by atoms with Crippen LogP contribution >= 0.6 is 0 Å². The summed E-state index contributed by atoms with van der Waals surface area (Å²) in [6.45, 7) is 2.16. The first-order valence-electron chi connectivity index (χ1n) is 10.9. The van der Waals surface area contributed by atoms with Gasteiger partial charge in [-0.3, -0.25) is 9.59 Å².